The van der Waals surface area contributed by atoms with Crippen LogP contribution in [0.3, 0.4) is 0 Å². The van der Waals surface area contributed by atoms with Crippen molar-refractivity contribution < 1.29 is 0 Å². The molecule has 2 N–H and O–H groups in total. The van der Waals surface area contributed by atoms with Crippen LogP contribution >= 0.6 is 0 Å². The van der Waals surface area contributed by atoms with Crippen molar-refractivity contribution in [3.63, 3.8) is 0 Å². The Morgan fingerprint density at radius 2 is 2.00 bits per heavy atom. The number of fused-ring (bicyclic) bond motifs is 1. The minimum Gasteiger partial charge on any atom is -0.368 e. The van der Waals surface area contributed by atoms with E-state index in [0.29, 0.717) is 0 Å². The van der Waals surface area contributed by atoms with Crippen LogP contribution in [0, 0.1) is 0 Å². The van der Waals surface area contributed by atoms with E-state index in [1.807, 2.05) is 35.0 Å². The minimum atomic E-state index is 0.266. The highest BCUT2D eigenvalue weighted by Gasteiger charge is 2.06. The highest BCUT2D eigenvalue weighted by atomic mass is 15.1. The summed E-state index contributed by atoms with van der Waals surface area (Å²) in [4.78, 5) is 12.4. The molecule has 5 nitrogen and oxygen atoms in total. The van der Waals surface area contributed by atoms with E-state index in [-0.39, 0.29) is 5.95 Å². The van der Waals surface area contributed by atoms with E-state index in [1.165, 1.54) is 0 Å². The molecule has 0 saturated heterocycles. The number of nitrogens with zero attached hydrogens (tertiary/aromatic N) is 4. The summed E-state index contributed by atoms with van der Waals surface area (Å²) in [5.74, 6) is 1.02. The van der Waals surface area contributed by atoms with E-state index in [4.69, 9.17) is 5.73 Å². The molecule has 0 atom stereocenters. The zero-order valence-electron chi connectivity index (χ0n) is 8.41. The fourth-order valence-electron chi connectivity index (χ4n) is 1.66. The van der Waals surface area contributed by atoms with Crippen LogP contribution in [0.15, 0.2) is 43.0 Å². The van der Waals surface area contributed by atoms with Crippen LogP contribution < -0.4 is 5.73 Å². The monoisotopic (exact) mass is 211 g/mol. The van der Waals surface area contributed by atoms with Gasteiger partial charge in [-0.1, -0.05) is 12.1 Å². The van der Waals surface area contributed by atoms with Gasteiger partial charge in [-0.15, -0.1) is 0 Å². The van der Waals surface area contributed by atoms with Crippen LogP contribution in [0.2, 0.25) is 0 Å². The smallest absolute Gasteiger partial charge is 0.222 e. The highest BCUT2D eigenvalue weighted by molar-refractivity contribution is 5.86. The molecule has 3 aromatic rings. The number of nitrogen functional groups attached to an aromatic ring is 1. The molecule has 0 aliphatic carbocycles. The second-order valence-corrected chi connectivity index (χ2v) is 3.39. The van der Waals surface area contributed by atoms with Crippen LogP contribution in [0.5, 0.6) is 0 Å². The number of para-hydroxylation sites is 1. The van der Waals surface area contributed by atoms with Gasteiger partial charge < -0.3 is 5.73 Å². The average Bonchev–Trinajstić information content (AvgIpc) is 2.81. The second-order valence-electron chi connectivity index (χ2n) is 3.39. The van der Waals surface area contributed by atoms with Gasteiger partial charge in [0, 0.05) is 17.8 Å². The van der Waals surface area contributed by atoms with Gasteiger partial charge in [-0.25, -0.2) is 9.97 Å². The van der Waals surface area contributed by atoms with Crippen LogP contribution in [-0.4, -0.2) is 19.5 Å². The number of aromatic nitrogens is 4. The van der Waals surface area contributed by atoms with Crippen molar-refractivity contribution >= 4 is 16.9 Å². The van der Waals surface area contributed by atoms with Crippen LogP contribution in [0.4, 0.5) is 5.95 Å². The van der Waals surface area contributed by atoms with Gasteiger partial charge in [-0.05, 0) is 12.1 Å². The maximum absolute atomic E-state index is 5.67. The fraction of sp³-hybridized carbons (Fsp3) is 0. The molecule has 0 unspecified atom stereocenters. The molecular weight excluding hydrogens is 202 g/mol. The van der Waals surface area contributed by atoms with E-state index in [1.54, 1.807) is 12.5 Å². The first kappa shape index (κ1) is 8.84. The van der Waals surface area contributed by atoms with Crippen molar-refractivity contribution in [2.24, 2.45) is 0 Å². The number of imidazole rings is 1. The summed E-state index contributed by atoms with van der Waals surface area (Å²) in [6.45, 7) is 0. The summed E-state index contributed by atoms with van der Waals surface area (Å²) in [5.41, 5.74) is 6.51. The lowest BCUT2D eigenvalue weighted by atomic mass is 10.2. The molecule has 0 spiro atoms. The third-order valence-corrected chi connectivity index (χ3v) is 2.35. The Morgan fingerprint density at radius 1 is 1.12 bits per heavy atom. The molecule has 2 heterocycles. The standard InChI is InChI=1S/C11H9N5/c12-11-14-9-4-2-1-3-8(9)10(15-11)16-6-5-13-7-16/h1-7H,(H2,12,14,15). The molecular formula is C11H9N5. The predicted molar refractivity (Wildman–Crippen MR) is 61.1 cm³/mol. The first-order valence-corrected chi connectivity index (χ1v) is 4.85. The van der Waals surface area contributed by atoms with Crippen molar-refractivity contribution in [2.45, 2.75) is 0 Å². The number of anilines is 1. The second kappa shape index (κ2) is 3.30. The molecule has 0 radical (unpaired) electrons. The Kier molecular flexibility index (Phi) is 1.83. The molecule has 1 aromatic carbocycles. The van der Waals surface area contributed by atoms with Crippen molar-refractivity contribution in [3.8, 4) is 5.82 Å². The number of benzene rings is 1. The molecule has 78 valence electrons. The summed E-state index contributed by atoms with van der Waals surface area (Å²) in [5, 5.41) is 0.953. The highest BCUT2D eigenvalue weighted by Crippen LogP contribution is 2.19. The van der Waals surface area contributed by atoms with Gasteiger partial charge in [0.15, 0.2) is 5.82 Å². The summed E-state index contributed by atoms with van der Waals surface area (Å²) >= 11 is 0. The zero-order valence-corrected chi connectivity index (χ0v) is 8.41. The maximum Gasteiger partial charge on any atom is 0.222 e. The quantitative estimate of drug-likeness (QED) is 0.660. The van der Waals surface area contributed by atoms with Gasteiger partial charge >= 0.3 is 0 Å². The van der Waals surface area contributed by atoms with E-state index < -0.39 is 0 Å². The molecule has 2 aromatic heterocycles. The van der Waals surface area contributed by atoms with Crippen molar-refractivity contribution in [1.29, 1.82) is 0 Å². The molecule has 16 heavy (non-hydrogen) atoms. The van der Waals surface area contributed by atoms with Crippen LogP contribution in [0.25, 0.3) is 16.7 Å². The third-order valence-electron chi connectivity index (χ3n) is 2.35. The number of hydrogen-bond acceptors (Lipinski definition) is 4. The lowest BCUT2D eigenvalue weighted by Crippen LogP contribution is -2.02. The van der Waals surface area contributed by atoms with Gasteiger partial charge in [0.2, 0.25) is 5.95 Å². The van der Waals surface area contributed by atoms with E-state index in [0.717, 1.165) is 16.7 Å². The van der Waals surface area contributed by atoms with Crippen molar-refractivity contribution in [1.82, 2.24) is 19.5 Å². The zero-order chi connectivity index (χ0) is 11.0. The molecule has 3 rings (SSSR count). The molecule has 0 saturated carbocycles. The largest absolute Gasteiger partial charge is 0.368 e. The Bertz CT molecular complexity index is 630. The number of hydrogen-bond donors (Lipinski definition) is 1. The third kappa shape index (κ3) is 1.30. The fourth-order valence-corrected chi connectivity index (χ4v) is 1.66. The van der Waals surface area contributed by atoms with E-state index in [2.05, 4.69) is 15.0 Å². The Balaban J connectivity index is 2.39. The molecule has 0 aliphatic heterocycles. The first-order chi connectivity index (χ1) is 7.84. The van der Waals surface area contributed by atoms with Crippen molar-refractivity contribution in [3.05, 3.63) is 43.0 Å². The summed E-state index contributed by atoms with van der Waals surface area (Å²) in [6, 6.07) is 7.74. The van der Waals surface area contributed by atoms with Gasteiger partial charge in [0.25, 0.3) is 0 Å². The summed E-state index contributed by atoms with van der Waals surface area (Å²) < 4.78 is 1.82. The van der Waals surface area contributed by atoms with Gasteiger partial charge in [-0.2, -0.15) is 4.98 Å². The van der Waals surface area contributed by atoms with Crippen LogP contribution in [0.1, 0.15) is 0 Å². The summed E-state index contributed by atoms with van der Waals surface area (Å²) in [7, 11) is 0. The number of rotatable bonds is 1. The molecule has 0 amide bonds. The Morgan fingerprint density at radius 3 is 2.81 bits per heavy atom. The van der Waals surface area contributed by atoms with Gasteiger partial charge in [0.05, 0.1) is 5.52 Å². The maximum atomic E-state index is 5.67. The summed E-state index contributed by atoms with van der Waals surface area (Å²) in [6.07, 6.45) is 5.22. The molecule has 5 heteroatoms. The molecule has 0 aliphatic rings. The SMILES string of the molecule is Nc1nc(-n2ccnc2)c2ccccc2n1. The lowest BCUT2D eigenvalue weighted by molar-refractivity contribution is 0.999. The van der Waals surface area contributed by atoms with Crippen LogP contribution in [-0.2, 0) is 0 Å². The van der Waals surface area contributed by atoms with Crippen molar-refractivity contribution in [2.75, 3.05) is 5.73 Å². The van der Waals surface area contributed by atoms with Gasteiger partial charge in [-0.3, -0.25) is 4.57 Å². The number of nitrogens with two attached hydrogens (primary N) is 1. The predicted octanol–water partition coefficient (Wildman–Crippen LogP) is 1.40. The first-order valence-electron chi connectivity index (χ1n) is 4.85. The Hall–Kier alpha value is -2.43. The minimum absolute atomic E-state index is 0.266. The topological polar surface area (TPSA) is 69.6 Å². The molecule has 0 fully saturated rings. The lowest BCUT2D eigenvalue weighted by Gasteiger charge is -2.06. The van der Waals surface area contributed by atoms with E-state index >= 15 is 0 Å². The Labute approximate surface area is 91.6 Å². The normalized spacial score (nSPS) is 10.8. The molecule has 0 bridgehead atoms. The van der Waals surface area contributed by atoms with Gasteiger partial charge in [0.1, 0.15) is 6.33 Å². The average molecular weight is 211 g/mol. The van der Waals surface area contributed by atoms with E-state index in [9.17, 15) is 0 Å².